The van der Waals surface area contributed by atoms with Crippen molar-refractivity contribution < 1.29 is 0 Å². The maximum absolute atomic E-state index is 2.45. The van der Waals surface area contributed by atoms with E-state index >= 15 is 0 Å². The van der Waals surface area contributed by atoms with Gasteiger partial charge in [0.15, 0.2) is 0 Å². The Balaban J connectivity index is 0.971. The summed E-state index contributed by atoms with van der Waals surface area (Å²) in [5.74, 6) is 0. The lowest BCUT2D eigenvalue weighted by molar-refractivity contribution is 1.18. The van der Waals surface area contributed by atoms with Crippen LogP contribution in [-0.2, 0) is 0 Å². The van der Waals surface area contributed by atoms with Crippen molar-refractivity contribution in [3.05, 3.63) is 212 Å². The molecule has 0 aliphatic heterocycles. The van der Waals surface area contributed by atoms with Gasteiger partial charge in [0.1, 0.15) is 0 Å². The fourth-order valence-corrected chi connectivity index (χ4v) is 11.8. The average molecular weight is 802 g/mol. The van der Waals surface area contributed by atoms with Gasteiger partial charge >= 0.3 is 0 Å². The molecule has 0 amide bonds. The molecule has 0 atom stereocenters. The van der Waals surface area contributed by atoms with Crippen LogP contribution in [0.5, 0.6) is 0 Å². The van der Waals surface area contributed by atoms with Gasteiger partial charge in [0.25, 0.3) is 0 Å². The molecule has 286 valence electrons. The van der Waals surface area contributed by atoms with Crippen LogP contribution in [0.2, 0.25) is 0 Å². The number of hydrogen-bond donors (Lipinski definition) is 0. The van der Waals surface area contributed by atoms with Crippen molar-refractivity contribution in [1.29, 1.82) is 0 Å². The highest BCUT2D eigenvalue weighted by Gasteiger charge is 2.20. The van der Waals surface area contributed by atoms with Crippen molar-refractivity contribution >= 4 is 118 Å². The zero-order valence-electron chi connectivity index (χ0n) is 33.6. The molecular formula is C60H35NS. The molecule has 12 aromatic carbocycles. The van der Waals surface area contributed by atoms with Crippen LogP contribution in [0.4, 0.5) is 0 Å². The Morgan fingerprint density at radius 3 is 1.66 bits per heavy atom. The fourth-order valence-electron chi connectivity index (χ4n) is 10.7. The van der Waals surface area contributed by atoms with Crippen molar-refractivity contribution in [2.45, 2.75) is 0 Å². The highest BCUT2D eigenvalue weighted by atomic mass is 32.1. The van der Waals surface area contributed by atoms with Gasteiger partial charge in [-0.25, -0.2) is 0 Å². The summed E-state index contributed by atoms with van der Waals surface area (Å²) in [6.07, 6.45) is 0. The third-order valence-electron chi connectivity index (χ3n) is 13.5. The van der Waals surface area contributed by atoms with E-state index in [1.54, 1.807) is 0 Å². The van der Waals surface area contributed by atoms with E-state index in [9.17, 15) is 0 Å². The van der Waals surface area contributed by atoms with Crippen LogP contribution in [-0.4, -0.2) is 4.57 Å². The number of para-hydroxylation sites is 1. The van der Waals surface area contributed by atoms with Crippen LogP contribution in [0.3, 0.4) is 0 Å². The van der Waals surface area contributed by atoms with Gasteiger partial charge in [0, 0.05) is 42.0 Å². The van der Waals surface area contributed by atoms with Gasteiger partial charge < -0.3 is 4.57 Å². The second kappa shape index (κ2) is 12.9. The van der Waals surface area contributed by atoms with Crippen LogP contribution < -0.4 is 0 Å². The van der Waals surface area contributed by atoms with E-state index < -0.39 is 0 Å². The Morgan fingerprint density at radius 1 is 0.274 bits per heavy atom. The molecule has 2 heterocycles. The molecule has 14 aromatic rings. The van der Waals surface area contributed by atoms with Gasteiger partial charge in [-0.1, -0.05) is 152 Å². The van der Waals surface area contributed by atoms with Crippen LogP contribution in [0.25, 0.3) is 135 Å². The van der Waals surface area contributed by atoms with E-state index in [1.165, 1.54) is 135 Å². The number of benzene rings is 12. The van der Waals surface area contributed by atoms with Gasteiger partial charge in [0.2, 0.25) is 0 Å². The van der Waals surface area contributed by atoms with Crippen molar-refractivity contribution in [3.63, 3.8) is 0 Å². The first kappa shape index (κ1) is 34.0. The van der Waals surface area contributed by atoms with Gasteiger partial charge in [-0.2, -0.15) is 0 Å². The number of nitrogens with zero attached hydrogens (tertiary/aromatic N) is 1. The summed E-state index contributed by atoms with van der Waals surface area (Å²) in [6.45, 7) is 0. The zero-order valence-corrected chi connectivity index (χ0v) is 34.4. The van der Waals surface area contributed by atoms with Crippen LogP contribution >= 0.6 is 11.3 Å². The molecule has 0 saturated carbocycles. The van der Waals surface area contributed by atoms with E-state index in [-0.39, 0.29) is 0 Å². The van der Waals surface area contributed by atoms with Crippen LogP contribution in [0, 0.1) is 0 Å². The highest BCUT2D eigenvalue weighted by Crippen LogP contribution is 2.46. The molecule has 0 saturated heterocycles. The molecule has 0 bridgehead atoms. The average Bonchev–Trinajstić information content (AvgIpc) is 3.87. The largest absolute Gasteiger partial charge is 0.309 e. The van der Waals surface area contributed by atoms with Gasteiger partial charge in [-0.3, -0.25) is 0 Å². The lowest BCUT2D eigenvalue weighted by atomic mass is 9.90. The molecule has 0 aliphatic rings. The normalized spacial score (nSPS) is 12.2. The summed E-state index contributed by atoms with van der Waals surface area (Å²) in [4.78, 5) is 0. The molecule has 0 N–H and O–H groups in total. The number of hydrogen-bond acceptors (Lipinski definition) is 1. The molecule has 0 unspecified atom stereocenters. The maximum atomic E-state index is 2.45. The SMILES string of the molecule is c1ccc(-n2c3cc4ccccc4cc3c3c4c5ccccc5c5cc(-c6ccc7sc8ccc(-c9cccc%10c9ccc9ccccc9%10)cc8c7c6)ccc5c4ccc32)cc1. The topological polar surface area (TPSA) is 4.93 Å². The quantitative estimate of drug-likeness (QED) is 0.157. The van der Waals surface area contributed by atoms with Gasteiger partial charge in [0.05, 0.1) is 11.0 Å². The fraction of sp³-hybridized carbons (Fsp3) is 0. The number of rotatable bonds is 3. The second-order valence-electron chi connectivity index (χ2n) is 16.8. The monoisotopic (exact) mass is 801 g/mol. The van der Waals surface area contributed by atoms with Crippen LogP contribution in [0.15, 0.2) is 212 Å². The van der Waals surface area contributed by atoms with Crippen molar-refractivity contribution in [1.82, 2.24) is 4.57 Å². The third-order valence-corrected chi connectivity index (χ3v) is 14.7. The number of aromatic nitrogens is 1. The lowest BCUT2D eigenvalue weighted by Gasteiger charge is -2.14. The Labute approximate surface area is 360 Å². The zero-order chi connectivity index (χ0) is 40.5. The minimum atomic E-state index is 1.17. The summed E-state index contributed by atoms with van der Waals surface area (Å²) in [7, 11) is 0. The molecular weight excluding hydrogens is 767 g/mol. The van der Waals surface area contributed by atoms with E-state index in [0.29, 0.717) is 0 Å². The molecule has 2 aromatic heterocycles. The molecule has 2 heteroatoms. The Hall–Kier alpha value is -7.78. The van der Waals surface area contributed by atoms with Crippen molar-refractivity contribution in [3.8, 4) is 27.9 Å². The minimum absolute atomic E-state index is 1.17. The molecule has 14 rings (SSSR count). The summed E-state index contributed by atoms with van der Waals surface area (Å²) in [5, 5.41) is 20.6. The first-order chi connectivity index (χ1) is 30.7. The first-order valence-corrected chi connectivity index (χ1v) is 22.2. The summed E-state index contributed by atoms with van der Waals surface area (Å²) in [6, 6.07) is 79.3. The standard InChI is InChI=1S/C60H35NS/c1-2-14-42(15-3-1)61-55-28-27-50-48-26-22-39(31-51(48)46-17-8-9-18-49(46)59(50)60(55)54-33-37-12-4-5-13-38(37)35-56(54)61)40-23-29-57-52(32-40)53-34-41(24-30-58(53)62-57)44-19-10-20-45-43-16-7-6-11-36(43)21-25-47(44)45/h1-35H. The van der Waals surface area contributed by atoms with Gasteiger partial charge in [-0.05, 0) is 142 Å². The first-order valence-electron chi connectivity index (χ1n) is 21.4. The predicted molar refractivity (Wildman–Crippen MR) is 270 cm³/mol. The third kappa shape index (κ3) is 4.84. The molecule has 0 fully saturated rings. The molecule has 0 radical (unpaired) electrons. The lowest BCUT2D eigenvalue weighted by Crippen LogP contribution is -1.93. The Bertz CT molecular complexity index is 4190. The van der Waals surface area contributed by atoms with E-state index in [2.05, 4.69) is 217 Å². The van der Waals surface area contributed by atoms with Gasteiger partial charge in [-0.15, -0.1) is 11.3 Å². The predicted octanol–water partition coefficient (Wildman–Crippen LogP) is 17.4. The molecule has 1 nitrogen and oxygen atoms in total. The molecule has 0 aliphatic carbocycles. The molecule has 0 spiro atoms. The summed E-state index contributed by atoms with van der Waals surface area (Å²) < 4.78 is 5.08. The number of thiophene rings is 1. The van der Waals surface area contributed by atoms with Crippen molar-refractivity contribution in [2.24, 2.45) is 0 Å². The maximum Gasteiger partial charge on any atom is 0.0547 e. The van der Waals surface area contributed by atoms with Crippen molar-refractivity contribution in [2.75, 3.05) is 0 Å². The van der Waals surface area contributed by atoms with E-state index in [4.69, 9.17) is 0 Å². The smallest absolute Gasteiger partial charge is 0.0547 e. The Kier molecular flexibility index (Phi) is 7.05. The minimum Gasteiger partial charge on any atom is -0.309 e. The highest BCUT2D eigenvalue weighted by molar-refractivity contribution is 7.25. The second-order valence-corrected chi connectivity index (χ2v) is 17.9. The molecule has 62 heavy (non-hydrogen) atoms. The Morgan fingerprint density at radius 2 is 0.839 bits per heavy atom. The van der Waals surface area contributed by atoms with E-state index in [0.717, 1.165) is 0 Å². The summed E-state index contributed by atoms with van der Waals surface area (Å²) >= 11 is 1.88. The van der Waals surface area contributed by atoms with E-state index in [1.807, 2.05) is 11.3 Å². The van der Waals surface area contributed by atoms with Crippen LogP contribution in [0.1, 0.15) is 0 Å². The number of fused-ring (bicyclic) bond motifs is 17. The summed E-state index contributed by atoms with van der Waals surface area (Å²) in [5.41, 5.74) is 8.61.